The number of thiazole rings is 1. The van der Waals surface area contributed by atoms with Gasteiger partial charge in [-0.1, -0.05) is 11.3 Å². The lowest BCUT2D eigenvalue weighted by atomic mass is 9.95. The normalized spacial score (nSPS) is 13.7. The molecule has 0 atom stereocenters. The van der Waals surface area contributed by atoms with Crippen molar-refractivity contribution in [2.75, 3.05) is 44.3 Å². The van der Waals surface area contributed by atoms with Gasteiger partial charge >= 0.3 is 5.97 Å². The van der Waals surface area contributed by atoms with Gasteiger partial charge < -0.3 is 24.1 Å². The Hall–Kier alpha value is -3.07. The van der Waals surface area contributed by atoms with Crippen LogP contribution >= 0.6 is 22.7 Å². The van der Waals surface area contributed by atoms with E-state index in [0.29, 0.717) is 36.7 Å². The van der Waals surface area contributed by atoms with E-state index < -0.39 is 39.1 Å². The van der Waals surface area contributed by atoms with Gasteiger partial charge in [0.05, 0.1) is 36.6 Å². The number of nitrogens with zero attached hydrogens (tertiary/aromatic N) is 2. The second-order valence-corrected chi connectivity index (χ2v) is 13.2. The van der Waals surface area contributed by atoms with Gasteiger partial charge in [0.1, 0.15) is 22.3 Å². The number of carbonyl (C=O) groups is 3. The standard InChI is InChI=1S/C26H31N3O8S3/c1-4-37-12-11-29-18-10-9-16(35-2)13-20(18)39-26(29)28-22(31)15-40(33,34)14-21(30)27-24-23(25(32)36-3)17-7-5-6-8-19(17)38-24/h9-10,13H,4-8,11-12,14-15H2,1-3H3,(H,27,30). The number of amides is 2. The van der Waals surface area contributed by atoms with Crippen molar-refractivity contribution in [2.24, 2.45) is 4.99 Å². The molecule has 0 radical (unpaired) electrons. The number of carbonyl (C=O) groups excluding carboxylic acids is 3. The van der Waals surface area contributed by atoms with Crippen LogP contribution in [0, 0.1) is 0 Å². The summed E-state index contributed by atoms with van der Waals surface area (Å²) < 4.78 is 43.8. The molecule has 0 saturated heterocycles. The summed E-state index contributed by atoms with van der Waals surface area (Å²) in [6.07, 6.45) is 3.36. The number of sulfone groups is 1. The van der Waals surface area contributed by atoms with Crippen LogP contribution in [0.4, 0.5) is 5.00 Å². The Morgan fingerprint density at radius 3 is 2.60 bits per heavy atom. The summed E-state index contributed by atoms with van der Waals surface area (Å²) in [5.41, 5.74) is 1.92. The van der Waals surface area contributed by atoms with E-state index >= 15 is 0 Å². The number of nitrogens with one attached hydrogen (secondary N) is 1. The number of benzene rings is 1. The zero-order valence-electron chi connectivity index (χ0n) is 22.5. The van der Waals surface area contributed by atoms with E-state index in [1.807, 2.05) is 19.1 Å². The van der Waals surface area contributed by atoms with Gasteiger partial charge in [0.15, 0.2) is 14.6 Å². The monoisotopic (exact) mass is 609 g/mol. The molecule has 40 heavy (non-hydrogen) atoms. The fourth-order valence-electron chi connectivity index (χ4n) is 4.49. The third-order valence-corrected chi connectivity index (χ3v) is 9.92. The molecule has 11 nitrogen and oxygen atoms in total. The van der Waals surface area contributed by atoms with Crippen molar-refractivity contribution in [1.29, 1.82) is 0 Å². The zero-order chi connectivity index (χ0) is 28.9. The van der Waals surface area contributed by atoms with Crippen LogP contribution in [0.15, 0.2) is 23.2 Å². The molecule has 0 saturated carbocycles. The van der Waals surface area contributed by atoms with Crippen LogP contribution in [0.1, 0.15) is 40.6 Å². The van der Waals surface area contributed by atoms with Gasteiger partial charge in [-0.15, -0.1) is 11.3 Å². The highest BCUT2D eigenvalue weighted by Gasteiger charge is 2.28. The molecule has 0 spiro atoms. The number of esters is 1. The van der Waals surface area contributed by atoms with E-state index in [2.05, 4.69) is 10.3 Å². The molecule has 216 valence electrons. The van der Waals surface area contributed by atoms with Crippen molar-refractivity contribution in [3.8, 4) is 5.75 Å². The van der Waals surface area contributed by atoms with Gasteiger partial charge in [0.2, 0.25) is 5.91 Å². The van der Waals surface area contributed by atoms with Crippen molar-refractivity contribution in [1.82, 2.24) is 4.57 Å². The molecule has 0 aliphatic heterocycles. The van der Waals surface area contributed by atoms with Crippen molar-refractivity contribution in [3.05, 3.63) is 39.0 Å². The summed E-state index contributed by atoms with van der Waals surface area (Å²) in [5, 5.41) is 2.83. The minimum absolute atomic E-state index is 0.269. The molecule has 0 bridgehead atoms. The minimum Gasteiger partial charge on any atom is -0.497 e. The summed E-state index contributed by atoms with van der Waals surface area (Å²) >= 11 is 2.48. The fourth-order valence-corrected chi connectivity index (χ4v) is 7.90. The van der Waals surface area contributed by atoms with Crippen LogP contribution in [0.2, 0.25) is 0 Å². The predicted molar refractivity (Wildman–Crippen MR) is 153 cm³/mol. The maximum absolute atomic E-state index is 12.8. The Balaban J connectivity index is 1.51. The quantitative estimate of drug-likeness (QED) is 0.258. The Morgan fingerprint density at radius 2 is 1.88 bits per heavy atom. The second-order valence-electron chi connectivity index (χ2n) is 9.06. The predicted octanol–water partition coefficient (Wildman–Crippen LogP) is 2.96. The van der Waals surface area contributed by atoms with Gasteiger partial charge in [-0.25, -0.2) is 13.2 Å². The number of aryl methyl sites for hydroxylation is 1. The number of thiophene rings is 1. The van der Waals surface area contributed by atoms with Gasteiger partial charge in [-0.2, -0.15) is 4.99 Å². The van der Waals surface area contributed by atoms with Crippen LogP contribution in [0.3, 0.4) is 0 Å². The summed E-state index contributed by atoms with van der Waals surface area (Å²) in [4.78, 5) is 43.3. The summed E-state index contributed by atoms with van der Waals surface area (Å²) in [6.45, 7) is 3.19. The lowest BCUT2D eigenvalue weighted by molar-refractivity contribution is -0.115. The molecule has 0 unspecified atom stereocenters. The van der Waals surface area contributed by atoms with E-state index in [-0.39, 0.29) is 10.6 Å². The van der Waals surface area contributed by atoms with Gasteiger partial charge in [-0.3, -0.25) is 9.59 Å². The van der Waals surface area contributed by atoms with E-state index in [0.717, 1.165) is 39.9 Å². The van der Waals surface area contributed by atoms with Crippen molar-refractivity contribution in [2.45, 2.75) is 39.2 Å². The van der Waals surface area contributed by atoms with Crippen LogP contribution in [-0.2, 0) is 48.3 Å². The van der Waals surface area contributed by atoms with E-state index in [4.69, 9.17) is 14.2 Å². The van der Waals surface area contributed by atoms with Crippen LogP contribution in [-0.4, -0.2) is 69.7 Å². The van der Waals surface area contributed by atoms with Gasteiger partial charge in [0.25, 0.3) is 5.91 Å². The Bertz CT molecular complexity index is 1600. The molecule has 1 aliphatic rings. The van der Waals surface area contributed by atoms with E-state index in [1.165, 1.54) is 29.8 Å². The number of aromatic nitrogens is 1. The molecule has 0 fully saturated rings. The maximum Gasteiger partial charge on any atom is 0.341 e. The largest absolute Gasteiger partial charge is 0.497 e. The van der Waals surface area contributed by atoms with Gasteiger partial charge in [-0.05, 0) is 56.4 Å². The second kappa shape index (κ2) is 13.1. The van der Waals surface area contributed by atoms with Crippen LogP contribution in [0.5, 0.6) is 5.75 Å². The molecule has 2 amide bonds. The molecule has 1 N–H and O–H groups in total. The van der Waals surface area contributed by atoms with Crippen molar-refractivity contribution >= 4 is 65.5 Å². The molecule has 2 heterocycles. The smallest absolute Gasteiger partial charge is 0.341 e. The van der Waals surface area contributed by atoms with Crippen LogP contribution in [0.25, 0.3) is 10.2 Å². The molecule has 1 aliphatic carbocycles. The highest BCUT2D eigenvalue weighted by atomic mass is 32.2. The molecular weight excluding hydrogens is 579 g/mol. The number of hydrogen-bond donors (Lipinski definition) is 1. The number of ether oxygens (including phenoxy) is 3. The number of anilines is 1. The lowest BCUT2D eigenvalue weighted by Crippen LogP contribution is -2.28. The maximum atomic E-state index is 12.8. The van der Waals surface area contributed by atoms with Crippen molar-refractivity contribution < 1.29 is 37.0 Å². The van der Waals surface area contributed by atoms with E-state index in [9.17, 15) is 22.8 Å². The molecule has 4 rings (SSSR count). The zero-order valence-corrected chi connectivity index (χ0v) is 24.9. The average molecular weight is 610 g/mol. The topological polar surface area (TPSA) is 142 Å². The Morgan fingerprint density at radius 1 is 1.10 bits per heavy atom. The van der Waals surface area contributed by atoms with E-state index in [1.54, 1.807) is 17.7 Å². The summed E-state index contributed by atoms with van der Waals surface area (Å²) in [7, 11) is -1.34. The van der Waals surface area contributed by atoms with Crippen LogP contribution < -0.4 is 14.9 Å². The first-order valence-corrected chi connectivity index (χ1v) is 16.2. The molecule has 2 aromatic heterocycles. The first kappa shape index (κ1) is 29.9. The molecule has 14 heteroatoms. The summed E-state index contributed by atoms with van der Waals surface area (Å²) in [6, 6.07) is 5.44. The van der Waals surface area contributed by atoms with Gasteiger partial charge in [0, 0.05) is 18.0 Å². The first-order chi connectivity index (χ1) is 19.2. The fraction of sp³-hybridized carbons (Fsp3) is 0.462. The Labute approximate surface area is 239 Å². The number of fused-ring (bicyclic) bond motifs is 2. The Kier molecular flexibility index (Phi) is 9.77. The SMILES string of the molecule is CCOCCn1c(=NC(=O)CS(=O)(=O)CC(=O)Nc2sc3c(c2C(=O)OC)CCCC3)sc2cc(OC)ccc21. The summed E-state index contributed by atoms with van der Waals surface area (Å²) in [5.74, 6) is -3.53. The number of methoxy groups -OCH3 is 2. The third kappa shape index (κ3) is 6.97. The first-order valence-electron chi connectivity index (χ1n) is 12.7. The highest BCUT2D eigenvalue weighted by molar-refractivity contribution is 7.92. The molecule has 3 aromatic rings. The molecule has 1 aromatic carbocycles. The average Bonchev–Trinajstić information content (AvgIpc) is 3.44. The molecular formula is C26H31N3O8S3. The van der Waals surface area contributed by atoms with Crippen molar-refractivity contribution in [3.63, 3.8) is 0 Å². The minimum atomic E-state index is -4.15. The number of hydrogen-bond acceptors (Lipinski definition) is 10. The highest BCUT2D eigenvalue weighted by Crippen LogP contribution is 2.38. The number of rotatable bonds is 11. The third-order valence-electron chi connectivity index (χ3n) is 6.28. The lowest BCUT2D eigenvalue weighted by Gasteiger charge is -2.11.